The molecule has 0 heterocycles. The van der Waals surface area contributed by atoms with E-state index in [1.54, 1.807) is 0 Å². The highest BCUT2D eigenvalue weighted by atomic mass is 16.4. The first-order valence-corrected chi connectivity index (χ1v) is 2.67. The minimum Gasteiger partial charge on any atom is -0.550 e. The summed E-state index contributed by atoms with van der Waals surface area (Å²) in [4.78, 5) is 9.79. The zero-order chi connectivity index (χ0) is 5.98. The van der Waals surface area contributed by atoms with Gasteiger partial charge in [0.25, 0.3) is 0 Å². The van der Waals surface area contributed by atoms with E-state index >= 15 is 0 Å². The van der Waals surface area contributed by atoms with Crippen LogP contribution in [0.1, 0.15) is 26.7 Å². The highest BCUT2D eigenvalue weighted by Gasteiger charge is 2.04. The van der Waals surface area contributed by atoms with Gasteiger partial charge in [-0.1, -0.05) is 19.1 Å². The Morgan fingerprint density at radius 3 is 2.67 bits per heavy atom. The van der Waals surface area contributed by atoms with Crippen molar-refractivity contribution in [3.63, 3.8) is 0 Å². The third kappa shape index (κ3) is 3.76. The fraction of sp³-hybridized carbons (Fsp3) is 0.571. The van der Waals surface area contributed by atoms with E-state index in [-0.39, 0.29) is 13.8 Å². The number of hydrogen-bond donors (Lipinski definition) is 0. The average molecular weight is 127 g/mol. The molecule has 2 nitrogen and oxygen atoms in total. The van der Waals surface area contributed by atoms with Crippen molar-refractivity contribution < 1.29 is 9.90 Å². The first-order valence-electron chi connectivity index (χ1n) is 2.67. The third-order valence-electron chi connectivity index (χ3n) is 1.14. The maximum absolute atomic E-state index is 9.79. The van der Waals surface area contributed by atoms with Crippen molar-refractivity contribution in [1.29, 1.82) is 0 Å². The largest absolute Gasteiger partial charge is 0.550 e. The Balaban J connectivity index is 0.000000640. The third-order valence-corrected chi connectivity index (χ3v) is 1.14. The van der Waals surface area contributed by atoms with Crippen molar-refractivity contribution in [2.24, 2.45) is 0 Å². The van der Waals surface area contributed by atoms with E-state index in [1.807, 2.05) is 6.08 Å². The van der Waals surface area contributed by atoms with Gasteiger partial charge in [0, 0.05) is 5.97 Å². The minimum absolute atomic E-state index is 0. The summed E-state index contributed by atoms with van der Waals surface area (Å²) in [5.74, 6) is -0.946. The minimum atomic E-state index is -0.946. The second kappa shape index (κ2) is 3.28. The van der Waals surface area contributed by atoms with Gasteiger partial charge in [0.1, 0.15) is 0 Å². The summed E-state index contributed by atoms with van der Waals surface area (Å²) in [6.07, 6.45) is 3.93. The Bertz CT molecular complexity index is 134. The van der Waals surface area contributed by atoms with Gasteiger partial charge < -0.3 is 9.90 Å². The van der Waals surface area contributed by atoms with E-state index in [4.69, 9.17) is 0 Å². The van der Waals surface area contributed by atoms with E-state index in [1.165, 1.54) is 5.57 Å². The fourth-order valence-electron chi connectivity index (χ4n) is 0.539. The van der Waals surface area contributed by atoms with Crippen LogP contribution in [0.4, 0.5) is 0 Å². The van der Waals surface area contributed by atoms with Crippen molar-refractivity contribution in [2.45, 2.75) is 26.7 Å². The lowest BCUT2D eigenvalue weighted by atomic mass is 10.3. The molecule has 0 saturated carbocycles. The molecule has 0 aromatic rings. The lowest BCUT2D eigenvalue weighted by molar-refractivity contribution is -0.305. The standard InChI is InChI=1S/C6H8O2.CH4/c7-6(8)4-3-5-1-2-5;/h1H,2-4H2,(H,7,8);1H4/p-1. The number of rotatable bonds is 3. The number of carbonyl (C=O) groups is 1. The van der Waals surface area contributed by atoms with Crippen molar-refractivity contribution in [2.75, 3.05) is 0 Å². The Kier molecular flexibility index (Phi) is 2.99. The van der Waals surface area contributed by atoms with E-state index in [0.717, 1.165) is 6.42 Å². The molecule has 1 rings (SSSR count). The molecule has 0 atom stereocenters. The van der Waals surface area contributed by atoms with Crippen LogP contribution in [0.25, 0.3) is 0 Å². The quantitative estimate of drug-likeness (QED) is 0.517. The molecule has 1 aliphatic carbocycles. The van der Waals surface area contributed by atoms with Crippen molar-refractivity contribution in [3.8, 4) is 0 Å². The van der Waals surface area contributed by atoms with Crippen molar-refractivity contribution in [1.82, 2.24) is 0 Å². The SMILES string of the molecule is C.O=C([O-])CCC1=CC1. The number of carboxylic acid groups (broad SMARTS) is 1. The van der Waals surface area contributed by atoms with E-state index < -0.39 is 5.97 Å². The topological polar surface area (TPSA) is 40.1 Å². The summed E-state index contributed by atoms with van der Waals surface area (Å²) >= 11 is 0. The van der Waals surface area contributed by atoms with E-state index in [9.17, 15) is 9.90 Å². The smallest absolute Gasteiger partial charge is 0.0417 e. The Morgan fingerprint density at radius 2 is 2.33 bits per heavy atom. The summed E-state index contributed by atoms with van der Waals surface area (Å²) in [7, 11) is 0. The van der Waals surface area contributed by atoms with Gasteiger partial charge in [-0.2, -0.15) is 0 Å². The van der Waals surface area contributed by atoms with Crippen LogP contribution in [-0.2, 0) is 4.79 Å². The average Bonchev–Trinajstić information content (AvgIpc) is 2.41. The van der Waals surface area contributed by atoms with Gasteiger partial charge in [0.15, 0.2) is 0 Å². The van der Waals surface area contributed by atoms with Gasteiger partial charge in [-0.05, 0) is 19.3 Å². The molecule has 0 amide bonds. The second-order valence-corrected chi connectivity index (χ2v) is 1.94. The second-order valence-electron chi connectivity index (χ2n) is 1.94. The zero-order valence-electron chi connectivity index (χ0n) is 4.52. The molecule has 0 unspecified atom stereocenters. The Morgan fingerprint density at radius 1 is 1.78 bits per heavy atom. The van der Waals surface area contributed by atoms with Gasteiger partial charge in [-0.15, -0.1) is 0 Å². The first kappa shape index (κ1) is 8.21. The van der Waals surface area contributed by atoms with Crippen LogP contribution in [0.3, 0.4) is 0 Å². The van der Waals surface area contributed by atoms with Gasteiger partial charge in [0.2, 0.25) is 0 Å². The van der Waals surface area contributed by atoms with E-state index in [2.05, 4.69) is 0 Å². The summed E-state index contributed by atoms with van der Waals surface area (Å²) < 4.78 is 0. The van der Waals surface area contributed by atoms with Crippen LogP contribution in [0.5, 0.6) is 0 Å². The molecule has 52 valence electrons. The lowest BCUT2D eigenvalue weighted by Crippen LogP contribution is -2.21. The van der Waals surface area contributed by atoms with Crippen molar-refractivity contribution >= 4 is 5.97 Å². The fourth-order valence-corrected chi connectivity index (χ4v) is 0.539. The Labute approximate surface area is 55.2 Å². The van der Waals surface area contributed by atoms with Crippen LogP contribution in [0.15, 0.2) is 11.6 Å². The molecular formula is C7H11O2-. The number of hydrogen-bond acceptors (Lipinski definition) is 2. The zero-order valence-corrected chi connectivity index (χ0v) is 4.52. The molecule has 0 saturated heterocycles. The van der Waals surface area contributed by atoms with Gasteiger partial charge in [-0.3, -0.25) is 0 Å². The van der Waals surface area contributed by atoms with Gasteiger partial charge in [0.05, 0.1) is 0 Å². The van der Waals surface area contributed by atoms with Crippen LogP contribution in [0, 0.1) is 0 Å². The van der Waals surface area contributed by atoms with Crippen LogP contribution >= 0.6 is 0 Å². The summed E-state index contributed by atoms with van der Waals surface area (Å²) in [5, 5.41) is 9.79. The number of carboxylic acids is 1. The first-order chi connectivity index (χ1) is 3.79. The molecule has 0 aromatic heterocycles. The molecule has 1 aliphatic rings. The number of aliphatic carboxylic acids is 1. The van der Waals surface area contributed by atoms with Crippen LogP contribution < -0.4 is 5.11 Å². The van der Waals surface area contributed by atoms with Crippen LogP contribution in [0.2, 0.25) is 0 Å². The van der Waals surface area contributed by atoms with Gasteiger partial charge in [-0.25, -0.2) is 0 Å². The molecule has 0 bridgehead atoms. The van der Waals surface area contributed by atoms with E-state index in [0.29, 0.717) is 6.42 Å². The number of carbonyl (C=O) groups excluding carboxylic acids is 1. The summed E-state index contributed by atoms with van der Waals surface area (Å²) in [6, 6.07) is 0. The van der Waals surface area contributed by atoms with Crippen LogP contribution in [-0.4, -0.2) is 5.97 Å². The maximum atomic E-state index is 9.79. The molecule has 0 radical (unpaired) electrons. The lowest BCUT2D eigenvalue weighted by Gasteiger charge is -1.95. The molecule has 0 aliphatic heterocycles. The molecule has 0 aromatic carbocycles. The Hall–Kier alpha value is -0.790. The maximum Gasteiger partial charge on any atom is 0.0417 e. The summed E-state index contributed by atoms with van der Waals surface area (Å²) in [6.45, 7) is 0. The monoisotopic (exact) mass is 127 g/mol. The highest BCUT2D eigenvalue weighted by Crippen LogP contribution is 2.22. The normalized spacial score (nSPS) is 13.6. The highest BCUT2D eigenvalue weighted by molar-refractivity contribution is 5.64. The number of allylic oxidation sites excluding steroid dienone is 2. The van der Waals surface area contributed by atoms with Crippen molar-refractivity contribution in [3.05, 3.63) is 11.6 Å². The predicted molar refractivity (Wildman–Crippen MR) is 33.7 cm³/mol. The molecule has 0 spiro atoms. The van der Waals surface area contributed by atoms with Gasteiger partial charge >= 0.3 is 0 Å². The predicted octanol–water partition coefficient (Wildman–Crippen LogP) is 0.483. The molecule has 9 heavy (non-hydrogen) atoms. The summed E-state index contributed by atoms with van der Waals surface area (Å²) in [5.41, 5.74) is 1.26. The molecular weight excluding hydrogens is 116 g/mol. The molecule has 0 N–H and O–H groups in total. The molecule has 0 fully saturated rings. The molecule has 2 heteroatoms.